The molecule has 1 amide bonds. The Morgan fingerprint density at radius 2 is 2.04 bits per heavy atom. The molecule has 0 spiro atoms. The molecule has 0 atom stereocenters. The predicted molar refractivity (Wildman–Crippen MR) is 96.9 cm³/mol. The van der Waals surface area contributed by atoms with Crippen molar-refractivity contribution in [1.29, 1.82) is 0 Å². The average molecular weight is 380 g/mol. The number of carbonyl (C=O) groups is 1. The molecular formula is C17H21N3O3S2. The van der Waals surface area contributed by atoms with Crippen LogP contribution in [-0.4, -0.2) is 25.4 Å². The summed E-state index contributed by atoms with van der Waals surface area (Å²) in [4.78, 5) is 16.5. The Morgan fingerprint density at radius 3 is 2.76 bits per heavy atom. The van der Waals surface area contributed by atoms with Crippen LogP contribution in [0.25, 0.3) is 0 Å². The normalized spacial score (nSPS) is 15.8. The summed E-state index contributed by atoms with van der Waals surface area (Å²) in [7, 11) is -3.69. The Balaban J connectivity index is 1.68. The molecule has 1 saturated carbocycles. The number of nitrogens with zero attached hydrogens (tertiary/aromatic N) is 1. The van der Waals surface area contributed by atoms with Gasteiger partial charge in [0, 0.05) is 23.2 Å². The summed E-state index contributed by atoms with van der Waals surface area (Å²) in [6.45, 7) is 0.137. The topological polar surface area (TPSA) is 88.2 Å². The lowest BCUT2D eigenvalue weighted by atomic mass is 9.95. The molecule has 0 unspecified atom stereocenters. The highest BCUT2D eigenvalue weighted by atomic mass is 32.2. The second-order valence-corrected chi connectivity index (χ2v) is 8.83. The van der Waals surface area contributed by atoms with E-state index in [2.05, 4.69) is 15.0 Å². The molecule has 1 aromatic carbocycles. The van der Waals surface area contributed by atoms with Crippen LogP contribution < -0.4 is 10.0 Å². The van der Waals surface area contributed by atoms with Crippen molar-refractivity contribution in [2.75, 3.05) is 0 Å². The van der Waals surface area contributed by atoms with Crippen LogP contribution in [0, 0.1) is 0 Å². The van der Waals surface area contributed by atoms with Gasteiger partial charge in [0.1, 0.15) is 5.01 Å². The van der Waals surface area contributed by atoms with Gasteiger partial charge in [-0.15, -0.1) is 11.3 Å². The molecule has 1 fully saturated rings. The summed E-state index contributed by atoms with van der Waals surface area (Å²) in [6.07, 6.45) is 7.06. The Morgan fingerprint density at radius 1 is 1.24 bits per heavy atom. The molecule has 0 aliphatic heterocycles. The SMILES string of the molecule is O=C(NC1CCCCC1)c1cccc(S(=O)(=O)NCc2nccs2)c1. The molecule has 8 heteroatoms. The van der Waals surface area contributed by atoms with Crippen LogP contribution in [0.3, 0.4) is 0 Å². The number of thiazole rings is 1. The zero-order valence-electron chi connectivity index (χ0n) is 13.8. The van der Waals surface area contributed by atoms with Gasteiger partial charge in [-0.3, -0.25) is 4.79 Å². The lowest BCUT2D eigenvalue weighted by Gasteiger charge is -2.22. The number of amides is 1. The minimum Gasteiger partial charge on any atom is -0.349 e. The highest BCUT2D eigenvalue weighted by molar-refractivity contribution is 7.89. The van der Waals surface area contributed by atoms with Crippen LogP contribution in [0.15, 0.2) is 40.7 Å². The molecule has 6 nitrogen and oxygen atoms in total. The van der Waals surface area contributed by atoms with Crippen LogP contribution in [0.4, 0.5) is 0 Å². The van der Waals surface area contributed by atoms with Gasteiger partial charge >= 0.3 is 0 Å². The summed E-state index contributed by atoms with van der Waals surface area (Å²) in [6, 6.07) is 6.32. The van der Waals surface area contributed by atoms with E-state index in [1.54, 1.807) is 23.7 Å². The zero-order valence-corrected chi connectivity index (χ0v) is 15.4. The number of rotatable bonds is 6. The predicted octanol–water partition coefficient (Wildman–Crippen LogP) is 2.68. The van der Waals surface area contributed by atoms with E-state index in [1.807, 2.05) is 0 Å². The molecule has 0 saturated heterocycles. The highest BCUT2D eigenvalue weighted by Gasteiger charge is 2.19. The average Bonchev–Trinajstić information content (AvgIpc) is 3.15. The number of carbonyl (C=O) groups excluding carboxylic acids is 1. The second-order valence-electron chi connectivity index (χ2n) is 6.09. The van der Waals surface area contributed by atoms with Crippen molar-refractivity contribution < 1.29 is 13.2 Å². The van der Waals surface area contributed by atoms with Crippen LogP contribution in [0.1, 0.15) is 47.5 Å². The van der Waals surface area contributed by atoms with Gasteiger partial charge in [-0.1, -0.05) is 25.3 Å². The Kier molecular flexibility index (Phi) is 5.82. The molecule has 0 bridgehead atoms. The van der Waals surface area contributed by atoms with E-state index in [0.717, 1.165) is 25.7 Å². The molecule has 3 rings (SSSR count). The van der Waals surface area contributed by atoms with Crippen molar-refractivity contribution in [3.8, 4) is 0 Å². The van der Waals surface area contributed by atoms with Crippen LogP contribution >= 0.6 is 11.3 Å². The van der Waals surface area contributed by atoms with Crippen LogP contribution in [-0.2, 0) is 16.6 Å². The van der Waals surface area contributed by atoms with Crippen LogP contribution in [0.2, 0.25) is 0 Å². The number of nitrogens with one attached hydrogen (secondary N) is 2. The third-order valence-electron chi connectivity index (χ3n) is 4.24. The third kappa shape index (κ3) is 4.87. The van der Waals surface area contributed by atoms with E-state index in [-0.39, 0.29) is 23.4 Å². The van der Waals surface area contributed by atoms with Crippen LogP contribution in [0.5, 0.6) is 0 Å². The maximum absolute atomic E-state index is 12.4. The Labute approximate surface area is 151 Å². The first kappa shape index (κ1) is 18.0. The molecule has 1 aliphatic carbocycles. The first-order valence-corrected chi connectivity index (χ1v) is 10.7. The molecule has 25 heavy (non-hydrogen) atoms. The van der Waals surface area contributed by atoms with E-state index in [0.29, 0.717) is 10.6 Å². The van der Waals surface area contributed by atoms with Gasteiger partial charge in [0.2, 0.25) is 10.0 Å². The number of hydrogen-bond donors (Lipinski definition) is 2. The maximum Gasteiger partial charge on any atom is 0.251 e. The Bertz CT molecular complexity index is 813. The maximum atomic E-state index is 12.4. The van der Waals surface area contributed by atoms with Gasteiger partial charge in [-0.25, -0.2) is 18.1 Å². The van der Waals surface area contributed by atoms with E-state index in [4.69, 9.17) is 0 Å². The quantitative estimate of drug-likeness (QED) is 0.808. The fourth-order valence-corrected chi connectivity index (χ4v) is 4.58. The van der Waals surface area contributed by atoms with Crippen molar-refractivity contribution >= 4 is 27.3 Å². The van der Waals surface area contributed by atoms with Gasteiger partial charge in [-0.05, 0) is 31.0 Å². The van der Waals surface area contributed by atoms with Gasteiger partial charge in [0.15, 0.2) is 0 Å². The van der Waals surface area contributed by atoms with Crippen molar-refractivity contribution in [2.45, 2.75) is 49.6 Å². The van der Waals surface area contributed by atoms with Crippen molar-refractivity contribution in [3.63, 3.8) is 0 Å². The summed E-state index contributed by atoms with van der Waals surface area (Å²) in [5, 5.41) is 5.49. The molecule has 1 heterocycles. The number of sulfonamides is 1. The van der Waals surface area contributed by atoms with Crippen molar-refractivity contribution in [3.05, 3.63) is 46.4 Å². The monoisotopic (exact) mass is 379 g/mol. The van der Waals surface area contributed by atoms with E-state index >= 15 is 0 Å². The smallest absolute Gasteiger partial charge is 0.251 e. The molecule has 2 aromatic rings. The fraction of sp³-hybridized carbons (Fsp3) is 0.412. The lowest BCUT2D eigenvalue weighted by molar-refractivity contribution is 0.0927. The van der Waals surface area contributed by atoms with Gasteiger partial charge in [0.05, 0.1) is 11.4 Å². The largest absolute Gasteiger partial charge is 0.349 e. The second kappa shape index (κ2) is 8.07. The minimum atomic E-state index is -3.69. The number of hydrogen-bond acceptors (Lipinski definition) is 5. The van der Waals surface area contributed by atoms with E-state index in [9.17, 15) is 13.2 Å². The molecule has 1 aliphatic rings. The molecule has 1 aromatic heterocycles. The first-order valence-electron chi connectivity index (χ1n) is 8.33. The zero-order chi connectivity index (χ0) is 17.7. The van der Waals surface area contributed by atoms with Gasteiger partial charge in [-0.2, -0.15) is 0 Å². The number of aromatic nitrogens is 1. The first-order chi connectivity index (χ1) is 12.0. The van der Waals surface area contributed by atoms with E-state index < -0.39 is 10.0 Å². The van der Waals surface area contributed by atoms with E-state index in [1.165, 1.54) is 29.9 Å². The standard InChI is InChI=1S/C17H21N3O3S2/c21-17(20-14-6-2-1-3-7-14)13-5-4-8-15(11-13)25(22,23)19-12-16-18-9-10-24-16/h4-5,8-11,14,19H,1-3,6-7,12H2,(H,20,21). The fourth-order valence-electron chi connectivity index (χ4n) is 2.90. The molecule has 134 valence electrons. The molecule has 2 N–H and O–H groups in total. The summed E-state index contributed by atoms with van der Waals surface area (Å²) < 4.78 is 27.4. The molecule has 0 radical (unpaired) electrons. The summed E-state index contributed by atoms with van der Waals surface area (Å²) in [5.41, 5.74) is 0.364. The lowest BCUT2D eigenvalue weighted by Crippen LogP contribution is -2.36. The van der Waals surface area contributed by atoms with Crippen molar-refractivity contribution in [2.24, 2.45) is 0 Å². The molecular weight excluding hydrogens is 358 g/mol. The van der Waals surface area contributed by atoms with Gasteiger partial charge < -0.3 is 5.32 Å². The summed E-state index contributed by atoms with van der Waals surface area (Å²) >= 11 is 1.38. The Hall–Kier alpha value is -1.77. The minimum absolute atomic E-state index is 0.0837. The van der Waals surface area contributed by atoms with Crippen molar-refractivity contribution in [1.82, 2.24) is 15.0 Å². The summed E-state index contributed by atoms with van der Waals surface area (Å²) in [5.74, 6) is -0.219. The highest BCUT2D eigenvalue weighted by Crippen LogP contribution is 2.18. The number of benzene rings is 1. The third-order valence-corrected chi connectivity index (χ3v) is 6.42. The van der Waals surface area contributed by atoms with Gasteiger partial charge in [0.25, 0.3) is 5.91 Å².